The van der Waals surface area contributed by atoms with Crippen LogP contribution in [-0.4, -0.2) is 46.9 Å². The van der Waals surface area contributed by atoms with E-state index in [4.69, 9.17) is 0 Å². The van der Waals surface area contributed by atoms with Crippen molar-refractivity contribution in [1.82, 2.24) is 19.9 Å². The van der Waals surface area contributed by atoms with E-state index in [1.165, 1.54) is 0 Å². The minimum Gasteiger partial charge on any atom is -0.367 e. The first-order valence-corrected chi connectivity index (χ1v) is 11.9. The van der Waals surface area contributed by atoms with Crippen molar-refractivity contribution in [2.75, 3.05) is 28.4 Å². The smallest absolute Gasteiger partial charge is 0.237 e. The number of fused-ring (bicyclic) bond motifs is 1. The number of hydrogen-bond donors (Lipinski definition) is 4. The quantitative estimate of drug-likeness (QED) is 0.427. The molecule has 2 aromatic heterocycles. The largest absolute Gasteiger partial charge is 0.367 e. The van der Waals surface area contributed by atoms with Crippen molar-refractivity contribution in [3.63, 3.8) is 0 Å². The van der Waals surface area contributed by atoms with Gasteiger partial charge in [-0.2, -0.15) is 9.61 Å². The molecule has 0 amide bonds. The molecule has 1 aliphatic rings. The van der Waals surface area contributed by atoms with E-state index in [1.54, 1.807) is 49.7 Å². The summed E-state index contributed by atoms with van der Waals surface area (Å²) in [5.74, 6) is 1.52. The van der Waals surface area contributed by atoms with Crippen molar-refractivity contribution in [1.29, 1.82) is 0 Å². The summed E-state index contributed by atoms with van der Waals surface area (Å²) in [6.07, 6.45) is 3.80. The van der Waals surface area contributed by atoms with E-state index in [0.29, 0.717) is 11.7 Å². The third-order valence-corrected chi connectivity index (χ3v) is 7.36. The van der Waals surface area contributed by atoms with Gasteiger partial charge in [-0.25, -0.2) is 13.4 Å². The van der Waals surface area contributed by atoms with Gasteiger partial charge in [0.1, 0.15) is 11.6 Å². The monoisotopic (exact) mass is 479 g/mol. The molecular formula is C21H30ClN7O2S. The van der Waals surface area contributed by atoms with Crippen molar-refractivity contribution < 1.29 is 8.42 Å². The first kappa shape index (κ1) is 24.1. The lowest BCUT2D eigenvalue weighted by Gasteiger charge is -2.24. The first-order chi connectivity index (χ1) is 14.7. The van der Waals surface area contributed by atoms with Crippen molar-refractivity contribution in [3.8, 4) is 0 Å². The zero-order valence-corrected chi connectivity index (χ0v) is 20.1. The Hall–Kier alpha value is -2.56. The van der Waals surface area contributed by atoms with Crippen LogP contribution in [0.5, 0.6) is 0 Å². The molecular weight excluding hydrogens is 450 g/mol. The van der Waals surface area contributed by atoms with E-state index in [-0.39, 0.29) is 12.4 Å². The van der Waals surface area contributed by atoms with Gasteiger partial charge >= 0.3 is 0 Å². The van der Waals surface area contributed by atoms with Crippen LogP contribution in [0, 0.1) is 0 Å². The summed E-state index contributed by atoms with van der Waals surface area (Å²) in [7, 11) is -3.51. The van der Waals surface area contributed by atoms with Gasteiger partial charge in [0.2, 0.25) is 10.0 Å². The fourth-order valence-electron chi connectivity index (χ4n) is 3.37. The van der Waals surface area contributed by atoms with Gasteiger partial charge in [0.25, 0.3) is 0 Å². The molecule has 0 spiro atoms. The lowest BCUT2D eigenvalue weighted by molar-refractivity contribution is 0.478. The normalized spacial score (nSPS) is 15.2. The zero-order chi connectivity index (χ0) is 22.1. The highest BCUT2D eigenvalue weighted by molar-refractivity contribution is 7.94. The molecule has 0 saturated carbocycles. The highest BCUT2D eigenvalue weighted by Crippen LogP contribution is 2.25. The van der Waals surface area contributed by atoms with Gasteiger partial charge in [0, 0.05) is 23.9 Å². The number of hydrogen-bond acceptors (Lipinski definition) is 7. The van der Waals surface area contributed by atoms with E-state index >= 15 is 0 Å². The van der Waals surface area contributed by atoms with Crippen molar-refractivity contribution >= 4 is 51.1 Å². The Balaban J connectivity index is 0.00000289. The van der Waals surface area contributed by atoms with Crippen LogP contribution in [0.4, 0.5) is 23.0 Å². The molecule has 11 heteroatoms. The predicted octanol–water partition coefficient (Wildman–Crippen LogP) is 3.60. The molecule has 0 unspecified atom stereocenters. The molecule has 0 bridgehead atoms. The van der Waals surface area contributed by atoms with Crippen LogP contribution in [-0.2, 0) is 10.0 Å². The maximum Gasteiger partial charge on any atom is 0.237 e. The van der Waals surface area contributed by atoms with E-state index in [9.17, 15) is 8.42 Å². The number of piperidine rings is 1. The Morgan fingerprint density at radius 3 is 2.53 bits per heavy atom. The van der Waals surface area contributed by atoms with Gasteiger partial charge in [-0.05, 0) is 64.9 Å². The second-order valence-corrected chi connectivity index (χ2v) is 11.2. The molecule has 0 atom stereocenters. The maximum atomic E-state index is 12.5. The van der Waals surface area contributed by atoms with Crippen LogP contribution < -0.4 is 20.7 Å². The third kappa shape index (κ3) is 5.43. The SMILES string of the molecule is CC(C)(C)S(=O)(=O)Nc1cccc(Nc2cc(NC3CCNCC3)nc3ccnn23)c1.Cl. The average Bonchev–Trinajstić information content (AvgIpc) is 3.17. The number of aromatic nitrogens is 3. The predicted molar refractivity (Wildman–Crippen MR) is 132 cm³/mol. The Kier molecular flexibility index (Phi) is 7.16. The number of benzene rings is 1. The molecule has 1 aliphatic heterocycles. The fourth-order valence-corrected chi connectivity index (χ4v) is 4.11. The van der Waals surface area contributed by atoms with E-state index in [2.05, 4.69) is 30.8 Å². The maximum absolute atomic E-state index is 12.5. The second-order valence-electron chi connectivity index (χ2n) is 8.72. The zero-order valence-electron chi connectivity index (χ0n) is 18.4. The lowest BCUT2D eigenvalue weighted by atomic mass is 10.1. The molecule has 9 nitrogen and oxygen atoms in total. The summed E-state index contributed by atoms with van der Waals surface area (Å²) >= 11 is 0. The summed E-state index contributed by atoms with van der Waals surface area (Å²) in [6, 6.07) is 11.3. The Morgan fingerprint density at radius 1 is 1.09 bits per heavy atom. The van der Waals surface area contributed by atoms with Crippen LogP contribution in [0.2, 0.25) is 0 Å². The molecule has 3 aromatic rings. The number of sulfonamides is 1. The third-order valence-electron chi connectivity index (χ3n) is 5.24. The number of halogens is 1. The fraction of sp³-hybridized carbons (Fsp3) is 0.429. The van der Waals surface area contributed by atoms with Crippen LogP contribution >= 0.6 is 12.4 Å². The van der Waals surface area contributed by atoms with Crippen LogP contribution in [0.1, 0.15) is 33.6 Å². The molecule has 4 N–H and O–H groups in total. The van der Waals surface area contributed by atoms with Gasteiger partial charge in [0.05, 0.1) is 16.6 Å². The topological polar surface area (TPSA) is 112 Å². The van der Waals surface area contributed by atoms with Gasteiger partial charge in [-0.15, -0.1) is 12.4 Å². The summed E-state index contributed by atoms with van der Waals surface area (Å²) < 4.78 is 28.5. The molecule has 0 radical (unpaired) electrons. The first-order valence-electron chi connectivity index (χ1n) is 10.4. The Bertz CT molecular complexity index is 1170. The molecule has 174 valence electrons. The Morgan fingerprint density at radius 2 is 1.81 bits per heavy atom. The van der Waals surface area contributed by atoms with E-state index < -0.39 is 14.8 Å². The second kappa shape index (κ2) is 9.51. The van der Waals surface area contributed by atoms with E-state index in [0.717, 1.165) is 48.9 Å². The molecule has 32 heavy (non-hydrogen) atoms. The molecule has 0 aliphatic carbocycles. The highest BCUT2D eigenvalue weighted by Gasteiger charge is 2.28. The van der Waals surface area contributed by atoms with Gasteiger partial charge in [-0.1, -0.05) is 6.07 Å². The standard InChI is InChI=1S/C21H29N7O2S.ClH/c1-21(2,3)31(29,30)27-17-6-4-5-16(13-17)25-20-14-18(24-15-7-10-22-11-8-15)26-19-9-12-23-28(19)20;/h4-6,9,12-15,22,25,27H,7-8,10-11H2,1-3H3,(H,24,26);1H. The van der Waals surface area contributed by atoms with Gasteiger partial charge < -0.3 is 16.0 Å². The number of nitrogens with zero attached hydrogens (tertiary/aromatic N) is 3. The number of rotatable bonds is 6. The molecule has 1 saturated heterocycles. The number of anilines is 4. The van der Waals surface area contributed by atoms with Gasteiger partial charge in [-0.3, -0.25) is 4.72 Å². The average molecular weight is 480 g/mol. The molecule has 3 heterocycles. The molecule has 4 rings (SSSR count). The summed E-state index contributed by atoms with van der Waals surface area (Å²) in [6.45, 7) is 6.99. The van der Waals surface area contributed by atoms with Crippen molar-refractivity contribution in [2.24, 2.45) is 0 Å². The number of nitrogens with one attached hydrogen (secondary N) is 4. The Labute approximate surface area is 194 Å². The minimum absolute atomic E-state index is 0. The molecule has 1 fully saturated rings. The highest BCUT2D eigenvalue weighted by atomic mass is 35.5. The summed E-state index contributed by atoms with van der Waals surface area (Å²) in [4.78, 5) is 4.66. The van der Waals surface area contributed by atoms with Crippen molar-refractivity contribution in [3.05, 3.63) is 42.6 Å². The molecule has 1 aromatic carbocycles. The van der Waals surface area contributed by atoms with E-state index in [1.807, 2.05) is 18.2 Å². The van der Waals surface area contributed by atoms with Gasteiger partial charge in [0.15, 0.2) is 5.65 Å². The summed E-state index contributed by atoms with van der Waals surface area (Å²) in [5, 5.41) is 14.6. The van der Waals surface area contributed by atoms with Crippen LogP contribution in [0.3, 0.4) is 0 Å². The summed E-state index contributed by atoms with van der Waals surface area (Å²) in [5.41, 5.74) is 1.97. The van der Waals surface area contributed by atoms with Crippen LogP contribution in [0.25, 0.3) is 5.65 Å². The lowest BCUT2D eigenvalue weighted by Crippen LogP contribution is -2.35. The minimum atomic E-state index is -3.51. The van der Waals surface area contributed by atoms with Crippen molar-refractivity contribution in [2.45, 2.75) is 44.4 Å². The van der Waals surface area contributed by atoms with Crippen LogP contribution in [0.15, 0.2) is 42.6 Å².